The van der Waals surface area contributed by atoms with Crippen LogP contribution in [-0.2, 0) is 5.54 Å². The van der Waals surface area contributed by atoms with Crippen LogP contribution in [0.4, 0.5) is 0 Å². The van der Waals surface area contributed by atoms with E-state index in [9.17, 15) is 0 Å². The van der Waals surface area contributed by atoms with Crippen molar-refractivity contribution in [3.8, 4) is 0 Å². The number of benzene rings is 1. The molecule has 0 spiro atoms. The highest BCUT2D eigenvalue weighted by Gasteiger charge is 2.38. The van der Waals surface area contributed by atoms with E-state index in [1.807, 2.05) is 0 Å². The molecule has 0 aliphatic carbocycles. The minimum Gasteiger partial charge on any atom is -0.459 e. The number of nitrogens with one attached hydrogen (secondary N) is 1. The predicted octanol–water partition coefficient (Wildman–Crippen LogP) is 4.37. The first-order chi connectivity index (χ1) is 9.11. The number of aryl methyl sites for hydroxylation is 1. The van der Waals surface area contributed by atoms with Crippen LogP contribution in [0.3, 0.4) is 0 Å². The molecule has 0 saturated carbocycles. The van der Waals surface area contributed by atoms with Crippen LogP contribution < -0.4 is 5.32 Å². The van der Waals surface area contributed by atoms with Gasteiger partial charge in [0.05, 0.1) is 5.54 Å². The van der Waals surface area contributed by atoms with Crippen molar-refractivity contribution >= 4 is 11.0 Å². The van der Waals surface area contributed by atoms with Crippen LogP contribution in [0.5, 0.6) is 0 Å². The Hall–Kier alpha value is -1.28. The average molecular weight is 257 g/mol. The maximum absolute atomic E-state index is 6.22. The van der Waals surface area contributed by atoms with Crippen molar-refractivity contribution < 1.29 is 4.42 Å². The summed E-state index contributed by atoms with van der Waals surface area (Å²) in [6.07, 6.45) is 3.57. The van der Waals surface area contributed by atoms with Gasteiger partial charge in [-0.25, -0.2) is 0 Å². The van der Waals surface area contributed by atoms with E-state index in [-0.39, 0.29) is 5.54 Å². The summed E-state index contributed by atoms with van der Waals surface area (Å²) in [5.74, 6) is 1.79. The van der Waals surface area contributed by atoms with Crippen LogP contribution >= 0.6 is 0 Å². The molecule has 0 bridgehead atoms. The van der Waals surface area contributed by atoms with Crippen molar-refractivity contribution in [1.29, 1.82) is 0 Å². The molecule has 1 fully saturated rings. The fourth-order valence-electron chi connectivity index (χ4n) is 3.43. The second-order valence-corrected chi connectivity index (χ2v) is 6.31. The van der Waals surface area contributed by atoms with Gasteiger partial charge in [-0.1, -0.05) is 32.0 Å². The second-order valence-electron chi connectivity index (χ2n) is 6.31. The summed E-state index contributed by atoms with van der Waals surface area (Å²) in [5.41, 5.74) is 2.33. The quantitative estimate of drug-likeness (QED) is 0.883. The Morgan fingerprint density at radius 3 is 2.84 bits per heavy atom. The lowest BCUT2D eigenvalue weighted by atomic mass is 9.85. The van der Waals surface area contributed by atoms with E-state index >= 15 is 0 Å². The zero-order valence-electron chi connectivity index (χ0n) is 12.1. The first-order valence-corrected chi connectivity index (χ1v) is 7.35. The number of fused-ring (bicyclic) bond motifs is 1. The molecule has 1 aliphatic rings. The highest BCUT2D eigenvalue weighted by molar-refractivity contribution is 5.81. The molecular formula is C17H23NO. The van der Waals surface area contributed by atoms with E-state index in [4.69, 9.17) is 4.42 Å². The Morgan fingerprint density at radius 2 is 2.21 bits per heavy atom. The van der Waals surface area contributed by atoms with Gasteiger partial charge in [0.15, 0.2) is 0 Å². The van der Waals surface area contributed by atoms with Gasteiger partial charge in [-0.3, -0.25) is 0 Å². The number of hydrogen-bond donors (Lipinski definition) is 1. The van der Waals surface area contributed by atoms with E-state index in [1.54, 1.807) is 0 Å². The van der Waals surface area contributed by atoms with Gasteiger partial charge < -0.3 is 9.73 Å². The summed E-state index contributed by atoms with van der Waals surface area (Å²) >= 11 is 0. The van der Waals surface area contributed by atoms with Crippen LogP contribution in [0.2, 0.25) is 0 Å². The van der Waals surface area contributed by atoms with Crippen molar-refractivity contribution in [2.45, 2.75) is 45.6 Å². The van der Waals surface area contributed by atoms with E-state index in [0.29, 0.717) is 5.92 Å². The normalized spacial score (nSPS) is 23.6. The third kappa shape index (κ3) is 2.18. The van der Waals surface area contributed by atoms with Crippen molar-refractivity contribution in [3.05, 3.63) is 35.6 Å². The minimum absolute atomic E-state index is 0.0552. The number of furan rings is 1. The van der Waals surface area contributed by atoms with Crippen LogP contribution in [0.25, 0.3) is 11.0 Å². The van der Waals surface area contributed by atoms with Gasteiger partial charge in [-0.2, -0.15) is 0 Å². The lowest BCUT2D eigenvalue weighted by Crippen LogP contribution is -2.37. The third-order valence-electron chi connectivity index (χ3n) is 4.21. The van der Waals surface area contributed by atoms with Crippen molar-refractivity contribution in [2.75, 3.05) is 6.54 Å². The minimum atomic E-state index is 0.0552. The Labute approximate surface area is 115 Å². The summed E-state index contributed by atoms with van der Waals surface area (Å²) in [7, 11) is 0. The van der Waals surface area contributed by atoms with E-state index in [0.717, 1.165) is 24.3 Å². The highest BCUT2D eigenvalue weighted by atomic mass is 16.3. The molecule has 0 radical (unpaired) electrons. The monoisotopic (exact) mass is 257 g/mol. The number of rotatable bonds is 3. The molecule has 1 aromatic carbocycles. The Balaban J connectivity index is 2.08. The fraction of sp³-hybridized carbons (Fsp3) is 0.529. The van der Waals surface area contributed by atoms with Gasteiger partial charge in [0.25, 0.3) is 0 Å². The molecule has 2 aromatic rings. The van der Waals surface area contributed by atoms with Crippen molar-refractivity contribution in [2.24, 2.45) is 5.92 Å². The van der Waals surface area contributed by atoms with Crippen molar-refractivity contribution in [3.63, 3.8) is 0 Å². The molecule has 1 saturated heterocycles. The maximum Gasteiger partial charge on any atom is 0.137 e. The largest absolute Gasteiger partial charge is 0.459 e. The molecule has 2 heterocycles. The first kappa shape index (κ1) is 12.7. The van der Waals surface area contributed by atoms with Gasteiger partial charge in [0.1, 0.15) is 11.3 Å². The van der Waals surface area contributed by atoms with Crippen LogP contribution in [0, 0.1) is 12.8 Å². The van der Waals surface area contributed by atoms with Gasteiger partial charge in [-0.05, 0) is 50.3 Å². The molecule has 1 aromatic heterocycles. The molecule has 102 valence electrons. The van der Waals surface area contributed by atoms with Gasteiger partial charge >= 0.3 is 0 Å². The van der Waals surface area contributed by atoms with Gasteiger partial charge in [0, 0.05) is 5.39 Å². The smallest absolute Gasteiger partial charge is 0.137 e. The molecule has 1 aliphatic heterocycles. The van der Waals surface area contributed by atoms with E-state index < -0.39 is 0 Å². The average Bonchev–Trinajstić information content (AvgIpc) is 2.95. The SMILES string of the molecule is Cc1cccc2cc(C3(CC(C)C)CCCN3)oc12. The van der Waals surface area contributed by atoms with Crippen molar-refractivity contribution in [1.82, 2.24) is 5.32 Å². The highest BCUT2D eigenvalue weighted by Crippen LogP contribution is 2.39. The first-order valence-electron chi connectivity index (χ1n) is 7.35. The standard InChI is InChI=1S/C17H23NO/c1-12(2)11-17(8-5-9-18-17)15-10-14-7-4-6-13(3)16(14)19-15/h4,6-7,10,12,18H,5,8-9,11H2,1-3H3. The van der Waals surface area contributed by atoms with E-state index in [1.165, 1.54) is 23.8 Å². The fourth-order valence-corrected chi connectivity index (χ4v) is 3.43. The van der Waals surface area contributed by atoms with Crippen LogP contribution in [0.1, 0.15) is 44.4 Å². The summed E-state index contributed by atoms with van der Waals surface area (Å²) in [5, 5.41) is 4.93. The molecule has 1 N–H and O–H groups in total. The Morgan fingerprint density at radius 1 is 1.37 bits per heavy atom. The summed E-state index contributed by atoms with van der Waals surface area (Å²) < 4.78 is 6.22. The van der Waals surface area contributed by atoms with Gasteiger partial charge in [0.2, 0.25) is 0 Å². The predicted molar refractivity (Wildman–Crippen MR) is 79.3 cm³/mol. The Kier molecular flexibility index (Phi) is 3.14. The summed E-state index contributed by atoms with van der Waals surface area (Å²) in [4.78, 5) is 0. The third-order valence-corrected chi connectivity index (χ3v) is 4.21. The van der Waals surface area contributed by atoms with Gasteiger partial charge in [-0.15, -0.1) is 0 Å². The molecule has 0 amide bonds. The number of hydrogen-bond acceptors (Lipinski definition) is 2. The maximum atomic E-state index is 6.22. The summed E-state index contributed by atoms with van der Waals surface area (Å²) in [6.45, 7) is 7.79. The van der Waals surface area contributed by atoms with Crippen LogP contribution in [0.15, 0.2) is 28.7 Å². The molecule has 3 rings (SSSR count). The molecule has 2 heteroatoms. The molecule has 1 unspecified atom stereocenters. The zero-order chi connectivity index (χ0) is 13.5. The number of para-hydroxylation sites is 1. The molecule has 19 heavy (non-hydrogen) atoms. The second kappa shape index (κ2) is 4.68. The Bertz CT molecular complexity index is 576. The van der Waals surface area contributed by atoms with E-state index in [2.05, 4.69) is 50.4 Å². The zero-order valence-corrected chi connectivity index (χ0v) is 12.1. The molecular weight excluding hydrogens is 234 g/mol. The lowest BCUT2D eigenvalue weighted by molar-refractivity contribution is 0.261. The lowest BCUT2D eigenvalue weighted by Gasteiger charge is -2.29. The van der Waals surface area contributed by atoms with Crippen LogP contribution in [-0.4, -0.2) is 6.54 Å². The topological polar surface area (TPSA) is 25.2 Å². The molecule has 1 atom stereocenters. The summed E-state index contributed by atoms with van der Waals surface area (Å²) in [6, 6.07) is 8.61. The molecule has 2 nitrogen and oxygen atoms in total.